The number of rotatable bonds is 2. The van der Waals surface area contributed by atoms with E-state index in [1.165, 1.54) is 17.0 Å². The van der Waals surface area contributed by atoms with Crippen molar-refractivity contribution in [1.29, 1.82) is 0 Å². The van der Waals surface area contributed by atoms with Crippen molar-refractivity contribution in [2.45, 2.75) is 18.9 Å². The van der Waals surface area contributed by atoms with E-state index in [9.17, 15) is 26.3 Å². The van der Waals surface area contributed by atoms with Crippen LogP contribution in [0.15, 0.2) is 30.6 Å². The maximum Gasteiger partial charge on any atom is 0.416 e. The van der Waals surface area contributed by atoms with Crippen LogP contribution in [0.4, 0.5) is 32.3 Å². The Labute approximate surface area is 115 Å². The van der Waals surface area contributed by atoms with Gasteiger partial charge >= 0.3 is 12.4 Å². The number of hydrogen-bond acceptors (Lipinski definition) is 2. The lowest BCUT2D eigenvalue weighted by Crippen LogP contribution is -2.13. The van der Waals surface area contributed by atoms with E-state index in [1.54, 1.807) is 0 Å². The summed E-state index contributed by atoms with van der Waals surface area (Å²) in [7, 11) is 0. The summed E-state index contributed by atoms with van der Waals surface area (Å²) in [6.07, 6.45) is -7.07. The van der Waals surface area contributed by atoms with Gasteiger partial charge in [0.25, 0.3) is 0 Å². The average Bonchev–Trinajstić information content (AvgIpc) is 2.72. The molecule has 0 aliphatic heterocycles. The number of aromatic nitrogens is 2. The molecule has 0 bridgehead atoms. The fourth-order valence-corrected chi connectivity index (χ4v) is 1.78. The molecule has 3 nitrogen and oxygen atoms in total. The van der Waals surface area contributed by atoms with Crippen LogP contribution in [0.25, 0.3) is 0 Å². The van der Waals surface area contributed by atoms with Crippen molar-refractivity contribution < 1.29 is 26.3 Å². The molecular formula is C12H9F6N3. The molecule has 1 aromatic heterocycles. The first-order valence-electron chi connectivity index (χ1n) is 5.62. The molecule has 0 amide bonds. The number of alkyl halides is 6. The van der Waals surface area contributed by atoms with E-state index in [0.717, 1.165) is 0 Å². The maximum atomic E-state index is 12.7. The van der Waals surface area contributed by atoms with Crippen LogP contribution in [0.1, 0.15) is 16.7 Å². The zero-order chi connectivity index (χ0) is 15.8. The van der Waals surface area contributed by atoms with Gasteiger partial charge in [0.15, 0.2) is 5.95 Å². The predicted octanol–water partition coefficient (Wildman–Crippen LogP) is 3.55. The quantitative estimate of drug-likeness (QED) is 0.862. The van der Waals surface area contributed by atoms with Gasteiger partial charge in [-0.15, -0.1) is 0 Å². The lowest BCUT2D eigenvalue weighted by molar-refractivity contribution is -0.143. The van der Waals surface area contributed by atoms with Gasteiger partial charge in [0, 0.05) is 12.4 Å². The van der Waals surface area contributed by atoms with Gasteiger partial charge in [0.2, 0.25) is 0 Å². The van der Waals surface area contributed by atoms with Gasteiger partial charge in [-0.2, -0.15) is 26.3 Å². The van der Waals surface area contributed by atoms with E-state index in [1.807, 2.05) is 0 Å². The van der Waals surface area contributed by atoms with Crippen molar-refractivity contribution in [1.82, 2.24) is 9.55 Å². The predicted molar refractivity (Wildman–Crippen MR) is 62.2 cm³/mol. The standard InChI is InChI=1S/C12H9F6N3/c13-11(14,15)8-3-7(4-9(5-8)12(16,17)18)6-21-2-1-20-10(21)19/h1-5H,6H2,(H2,19,20). The van der Waals surface area contributed by atoms with Crippen LogP contribution in [0.2, 0.25) is 0 Å². The number of hydrogen-bond donors (Lipinski definition) is 1. The Balaban J connectivity index is 2.48. The second kappa shape index (κ2) is 4.97. The van der Waals surface area contributed by atoms with E-state index < -0.39 is 23.5 Å². The molecule has 0 saturated carbocycles. The molecule has 0 aliphatic rings. The lowest BCUT2D eigenvalue weighted by Gasteiger charge is -2.14. The fraction of sp³-hybridized carbons (Fsp3) is 0.250. The fourth-order valence-electron chi connectivity index (χ4n) is 1.78. The van der Waals surface area contributed by atoms with E-state index in [0.29, 0.717) is 12.1 Å². The summed E-state index contributed by atoms with van der Waals surface area (Å²) in [6.45, 7) is -0.237. The molecule has 0 saturated heterocycles. The second-order valence-electron chi connectivity index (χ2n) is 4.33. The van der Waals surface area contributed by atoms with Crippen LogP contribution in [0, 0.1) is 0 Å². The summed E-state index contributed by atoms with van der Waals surface area (Å²) in [5, 5.41) is 0. The zero-order valence-electron chi connectivity index (χ0n) is 10.3. The van der Waals surface area contributed by atoms with Crippen molar-refractivity contribution in [3.8, 4) is 0 Å². The molecule has 21 heavy (non-hydrogen) atoms. The number of imidazole rings is 1. The Kier molecular flexibility index (Phi) is 3.60. The van der Waals surface area contributed by atoms with Gasteiger partial charge in [-0.05, 0) is 23.8 Å². The summed E-state index contributed by atoms with van der Waals surface area (Å²) in [5.74, 6) is 0.000899. The summed E-state index contributed by atoms with van der Waals surface area (Å²) < 4.78 is 77.3. The van der Waals surface area contributed by atoms with Crippen molar-refractivity contribution >= 4 is 5.95 Å². The minimum absolute atomic E-state index is 0.000899. The normalized spacial score (nSPS) is 12.7. The monoisotopic (exact) mass is 309 g/mol. The highest BCUT2D eigenvalue weighted by Gasteiger charge is 2.36. The third kappa shape index (κ3) is 3.47. The minimum Gasteiger partial charge on any atom is -0.369 e. The third-order valence-corrected chi connectivity index (χ3v) is 2.75. The number of benzene rings is 1. The summed E-state index contributed by atoms with van der Waals surface area (Å²) in [5.41, 5.74) is 2.57. The maximum absolute atomic E-state index is 12.7. The highest BCUT2D eigenvalue weighted by Crippen LogP contribution is 2.36. The van der Waals surface area contributed by atoms with Crippen LogP contribution in [-0.4, -0.2) is 9.55 Å². The Hall–Kier alpha value is -2.19. The lowest BCUT2D eigenvalue weighted by atomic mass is 10.0. The topological polar surface area (TPSA) is 43.8 Å². The Morgan fingerprint density at radius 3 is 1.86 bits per heavy atom. The number of nitrogens with two attached hydrogens (primary N) is 1. The van der Waals surface area contributed by atoms with Gasteiger partial charge < -0.3 is 10.3 Å². The van der Waals surface area contributed by atoms with Gasteiger partial charge in [-0.3, -0.25) is 0 Å². The van der Waals surface area contributed by atoms with Crippen LogP contribution in [0.3, 0.4) is 0 Å². The van der Waals surface area contributed by atoms with Gasteiger partial charge in [0.05, 0.1) is 17.7 Å². The van der Waals surface area contributed by atoms with Crippen LogP contribution in [-0.2, 0) is 18.9 Å². The van der Waals surface area contributed by atoms with Gasteiger partial charge in [0.1, 0.15) is 0 Å². The molecule has 9 heteroatoms. The molecule has 0 fully saturated rings. The SMILES string of the molecule is Nc1nccn1Cc1cc(C(F)(F)F)cc(C(F)(F)F)c1. The summed E-state index contributed by atoms with van der Waals surface area (Å²) >= 11 is 0. The first-order valence-corrected chi connectivity index (χ1v) is 5.62. The molecular weight excluding hydrogens is 300 g/mol. The smallest absolute Gasteiger partial charge is 0.369 e. The number of nitrogens with zero attached hydrogens (tertiary/aromatic N) is 2. The van der Waals surface area contributed by atoms with Crippen molar-refractivity contribution in [2.75, 3.05) is 5.73 Å². The molecule has 1 aromatic carbocycles. The Morgan fingerprint density at radius 1 is 0.952 bits per heavy atom. The first-order chi connectivity index (χ1) is 9.57. The number of anilines is 1. The molecule has 114 valence electrons. The molecule has 2 rings (SSSR count). The highest BCUT2D eigenvalue weighted by molar-refractivity contribution is 5.34. The molecule has 2 N–H and O–H groups in total. The van der Waals surface area contributed by atoms with Crippen molar-refractivity contribution in [2.24, 2.45) is 0 Å². The van der Waals surface area contributed by atoms with Crippen molar-refractivity contribution in [3.05, 3.63) is 47.3 Å². The third-order valence-electron chi connectivity index (χ3n) is 2.75. The van der Waals surface area contributed by atoms with Gasteiger partial charge in [-0.25, -0.2) is 4.98 Å². The Bertz CT molecular complexity index is 609. The van der Waals surface area contributed by atoms with E-state index in [4.69, 9.17) is 5.73 Å². The summed E-state index contributed by atoms with van der Waals surface area (Å²) in [6, 6.07) is 1.41. The number of nitrogen functional groups attached to an aromatic ring is 1. The van der Waals surface area contributed by atoms with Crippen molar-refractivity contribution in [3.63, 3.8) is 0 Å². The van der Waals surface area contributed by atoms with E-state index >= 15 is 0 Å². The van der Waals surface area contributed by atoms with E-state index in [2.05, 4.69) is 4.98 Å². The molecule has 0 atom stereocenters. The molecule has 0 radical (unpaired) electrons. The zero-order valence-corrected chi connectivity index (χ0v) is 10.3. The molecule has 0 unspecified atom stereocenters. The average molecular weight is 309 g/mol. The molecule has 0 aliphatic carbocycles. The summed E-state index contributed by atoms with van der Waals surface area (Å²) in [4.78, 5) is 3.65. The van der Waals surface area contributed by atoms with Crippen LogP contribution < -0.4 is 5.73 Å². The van der Waals surface area contributed by atoms with Crippen LogP contribution in [0.5, 0.6) is 0 Å². The number of halogens is 6. The molecule has 2 aromatic rings. The Morgan fingerprint density at radius 2 is 1.48 bits per heavy atom. The first kappa shape index (κ1) is 15.2. The second-order valence-corrected chi connectivity index (χ2v) is 4.33. The van der Waals surface area contributed by atoms with Crippen LogP contribution >= 0.6 is 0 Å². The van der Waals surface area contributed by atoms with Gasteiger partial charge in [-0.1, -0.05) is 0 Å². The largest absolute Gasteiger partial charge is 0.416 e. The molecule has 1 heterocycles. The van der Waals surface area contributed by atoms with E-state index in [-0.39, 0.29) is 24.1 Å². The highest BCUT2D eigenvalue weighted by atomic mass is 19.4. The minimum atomic E-state index is -4.86. The molecule has 0 spiro atoms.